The normalized spacial score (nSPS) is 14.8. The molecular formula is C22H22F3N3O4. The van der Waals surface area contributed by atoms with Crippen LogP contribution in [-0.4, -0.2) is 43.0 Å². The Hall–Kier alpha value is -3.56. The van der Waals surface area contributed by atoms with Gasteiger partial charge in [0.25, 0.3) is 0 Å². The first-order valence-corrected chi connectivity index (χ1v) is 9.88. The molecule has 32 heavy (non-hydrogen) atoms. The van der Waals surface area contributed by atoms with E-state index in [2.05, 4.69) is 15.4 Å². The van der Waals surface area contributed by atoms with Gasteiger partial charge in [0.15, 0.2) is 0 Å². The van der Waals surface area contributed by atoms with E-state index in [4.69, 9.17) is 0 Å². The number of anilines is 1. The molecule has 3 amide bonds. The molecule has 1 heterocycles. The van der Waals surface area contributed by atoms with Gasteiger partial charge in [0.05, 0.1) is 24.3 Å². The number of likely N-dealkylation sites (tertiary alicyclic amines) is 1. The minimum absolute atomic E-state index is 0.0375. The van der Waals surface area contributed by atoms with Gasteiger partial charge >= 0.3 is 18.2 Å². The van der Waals surface area contributed by atoms with Crippen molar-refractivity contribution in [1.29, 1.82) is 0 Å². The summed E-state index contributed by atoms with van der Waals surface area (Å²) >= 11 is 0. The Morgan fingerprint density at radius 1 is 1.16 bits per heavy atom. The summed E-state index contributed by atoms with van der Waals surface area (Å²) in [5, 5.41) is 5.20. The lowest BCUT2D eigenvalue weighted by Crippen LogP contribution is -2.40. The molecule has 0 saturated carbocycles. The third-order valence-electron chi connectivity index (χ3n) is 5.04. The van der Waals surface area contributed by atoms with E-state index in [1.165, 1.54) is 36.3 Å². The second-order valence-corrected chi connectivity index (χ2v) is 7.29. The molecule has 7 nitrogen and oxygen atoms in total. The van der Waals surface area contributed by atoms with Crippen molar-refractivity contribution in [2.45, 2.75) is 25.1 Å². The van der Waals surface area contributed by atoms with E-state index in [1.807, 2.05) is 0 Å². The fraction of sp³-hybridized carbons (Fsp3) is 0.318. The number of ether oxygens (including phenoxy) is 1. The standard InChI is InChI=1S/C22H22F3N3O4/c1-32-20(30)15-6-3-8-17(12-15)26-21(31)27-18(13-28-10-4-9-19(28)29)14-5-2-7-16(11-14)22(23,24)25/h2-3,5-8,11-12,18H,4,9-10,13H2,1H3,(H2,26,27,31). The minimum atomic E-state index is -4.54. The first-order chi connectivity index (χ1) is 15.2. The fourth-order valence-electron chi connectivity index (χ4n) is 3.45. The maximum absolute atomic E-state index is 13.2. The highest BCUT2D eigenvalue weighted by atomic mass is 19.4. The highest BCUT2D eigenvalue weighted by molar-refractivity contribution is 5.94. The van der Waals surface area contributed by atoms with Crippen LogP contribution in [0.15, 0.2) is 48.5 Å². The van der Waals surface area contributed by atoms with Gasteiger partial charge in [0.2, 0.25) is 5.91 Å². The number of alkyl halides is 3. The van der Waals surface area contributed by atoms with Crippen LogP contribution >= 0.6 is 0 Å². The number of methoxy groups -OCH3 is 1. The van der Waals surface area contributed by atoms with Crippen LogP contribution in [-0.2, 0) is 15.7 Å². The molecule has 170 valence electrons. The van der Waals surface area contributed by atoms with Crippen LogP contribution < -0.4 is 10.6 Å². The Morgan fingerprint density at radius 3 is 2.56 bits per heavy atom. The number of urea groups is 1. The lowest BCUT2D eigenvalue weighted by Gasteiger charge is -2.26. The van der Waals surface area contributed by atoms with E-state index in [0.29, 0.717) is 25.1 Å². The number of carbonyl (C=O) groups is 3. The van der Waals surface area contributed by atoms with Gasteiger partial charge in [-0.15, -0.1) is 0 Å². The summed E-state index contributed by atoms with van der Waals surface area (Å²) in [4.78, 5) is 37.9. The topological polar surface area (TPSA) is 87.7 Å². The molecule has 2 aromatic carbocycles. The van der Waals surface area contributed by atoms with E-state index in [0.717, 1.165) is 12.1 Å². The van der Waals surface area contributed by atoms with Crippen molar-refractivity contribution in [2.24, 2.45) is 0 Å². The van der Waals surface area contributed by atoms with E-state index in [-0.39, 0.29) is 23.6 Å². The molecule has 1 saturated heterocycles. The molecule has 0 spiro atoms. The summed E-state index contributed by atoms with van der Waals surface area (Å²) in [6.45, 7) is 0.508. The lowest BCUT2D eigenvalue weighted by atomic mass is 10.0. The maximum atomic E-state index is 13.2. The van der Waals surface area contributed by atoms with Crippen molar-refractivity contribution in [3.63, 3.8) is 0 Å². The number of carbonyl (C=O) groups excluding carboxylic acids is 3. The van der Waals surface area contributed by atoms with Gasteiger partial charge in [0, 0.05) is 25.2 Å². The van der Waals surface area contributed by atoms with Gasteiger partial charge in [-0.25, -0.2) is 9.59 Å². The number of amides is 3. The van der Waals surface area contributed by atoms with E-state index in [1.54, 1.807) is 12.1 Å². The van der Waals surface area contributed by atoms with Crippen LogP contribution in [0.4, 0.5) is 23.7 Å². The van der Waals surface area contributed by atoms with Crippen molar-refractivity contribution in [3.8, 4) is 0 Å². The molecule has 10 heteroatoms. The van der Waals surface area contributed by atoms with Gasteiger partial charge in [0.1, 0.15) is 0 Å². The average Bonchev–Trinajstić information content (AvgIpc) is 3.16. The fourth-order valence-corrected chi connectivity index (χ4v) is 3.45. The largest absolute Gasteiger partial charge is 0.465 e. The third kappa shape index (κ3) is 5.77. The van der Waals surface area contributed by atoms with Crippen molar-refractivity contribution >= 4 is 23.6 Å². The zero-order chi connectivity index (χ0) is 23.3. The molecule has 1 fully saturated rings. The Kier molecular flexibility index (Phi) is 7.01. The maximum Gasteiger partial charge on any atom is 0.416 e. The Balaban J connectivity index is 1.80. The predicted molar refractivity (Wildman–Crippen MR) is 110 cm³/mol. The molecule has 0 aromatic heterocycles. The third-order valence-corrected chi connectivity index (χ3v) is 5.04. The van der Waals surface area contributed by atoms with Gasteiger partial charge < -0.3 is 20.3 Å². The van der Waals surface area contributed by atoms with Crippen molar-refractivity contribution in [3.05, 3.63) is 65.2 Å². The van der Waals surface area contributed by atoms with Gasteiger partial charge in [-0.05, 0) is 42.3 Å². The van der Waals surface area contributed by atoms with Crippen molar-refractivity contribution in [1.82, 2.24) is 10.2 Å². The van der Waals surface area contributed by atoms with Crippen LogP contribution in [0.25, 0.3) is 0 Å². The predicted octanol–water partition coefficient (Wildman–Crippen LogP) is 3.98. The number of rotatable bonds is 6. The summed E-state index contributed by atoms with van der Waals surface area (Å²) in [7, 11) is 1.23. The number of halogens is 3. The number of esters is 1. The molecule has 2 N–H and O–H groups in total. The summed E-state index contributed by atoms with van der Waals surface area (Å²) in [5.41, 5.74) is -0.105. The number of nitrogens with one attached hydrogen (secondary N) is 2. The first-order valence-electron chi connectivity index (χ1n) is 9.88. The molecule has 1 aliphatic rings. The number of nitrogens with zero attached hydrogens (tertiary/aromatic N) is 1. The van der Waals surface area contributed by atoms with Crippen LogP contribution in [0.3, 0.4) is 0 Å². The summed E-state index contributed by atoms with van der Waals surface area (Å²) < 4.78 is 44.2. The zero-order valence-corrected chi connectivity index (χ0v) is 17.2. The Morgan fingerprint density at radius 2 is 1.91 bits per heavy atom. The van der Waals surface area contributed by atoms with Crippen molar-refractivity contribution < 1.29 is 32.3 Å². The molecule has 0 bridgehead atoms. The van der Waals surface area contributed by atoms with Crippen molar-refractivity contribution in [2.75, 3.05) is 25.5 Å². The molecule has 0 aliphatic carbocycles. The van der Waals surface area contributed by atoms with E-state index in [9.17, 15) is 27.6 Å². The van der Waals surface area contributed by atoms with Gasteiger partial charge in [-0.2, -0.15) is 13.2 Å². The van der Waals surface area contributed by atoms with Gasteiger partial charge in [-0.1, -0.05) is 18.2 Å². The van der Waals surface area contributed by atoms with E-state index >= 15 is 0 Å². The SMILES string of the molecule is COC(=O)c1cccc(NC(=O)NC(CN2CCCC2=O)c2cccc(C(F)(F)F)c2)c1. The smallest absolute Gasteiger partial charge is 0.416 e. The molecule has 2 aromatic rings. The number of hydrogen-bond acceptors (Lipinski definition) is 4. The van der Waals surface area contributed by atoms with Gasteiger partial charge in [-0.3, -0.25) is 4.79 Å². The quantitative estimate of drug-likeness (QED) is 0.654. The summed E-state index contributed by atoms with van der Waals surface area (Å²) in [6.07, 6.45) is -3.52. The first kappa shape index (κ1) is 23.1. The van der Waals surface area contributed by atoms with Crippen LogP contribution in [0.1, 0.15) is 40.4 Å². The van der Waals surface area contributed by atoms with Crippen LogP contribution in [0.5, 0.6) is 0 Å². The van der Waals surface area contributed by atoms with Crippen LogP contribution in [0.2, 0.25) is 0 Å². The Bertz CT molecular complexity index is 1010. The Labute approximate surface area is 182 Å². The lowest BCUT2D eigenvalue weighted by molar-refractivity contribution is -0.137. The molecule has 1 atom stereocenters. The second kappa shape index (κ2) is 9.71. The average molecular weight is 449 g/mol. The monoisotopic (exact) mass is 449 g/mol. The highest BCUT2D eigenvalue weighted by Crippen LogP contribution is 2.31. The summed E-state index contributed by atoms with van der Waals surface area (Å²) in [5.74, 6) is -0.696. The summed E-state index contributed by atoms with van der Waals surface area (Å²) in [6, 6.07) is 9.10. The highest BCUT2D eigenvalue weighted by Gasteiger charge is 2.32. The minimum Gasteiger partial charge on any atom is -0.465 e. The molecule has 1 aliphatic heterocycles. The van der Waals surface area contributed by atoms with Crippen LogP contribution in [0, 0.1) is 0 Å². The molecular weight excluding hydrogens is 427 g/mol. The molecule has 0 radical (unpaired) electrons. The molecule has 1 unspecified atom stereocenters. The zero-order valence-electron chi connectivity index (χ0n) is 17.2. The van der Waals surface area contributed by atoms with E-state index < -0.39 is 29.8 Å². The second-order valence-electron chi connectivity index (χ2n) is 7.29. The number of hydrogen-bond donors (Lipinski definition) is 2. The molecule has 3 rings (SSSR count). The number of benzene rings is 2.